The average Bonchev–Trinajstić information content (AvgIpc) is 3.46. The molecule has 11 nitrogen and oxygen atoms in total. The van der Waals surface area contributed by atoms with Crippen LogP contribution in [0.1, 0.15) is 40.9 Å². The van der Waals surface area contributed by atoms with Gasteiger partial charge in [0.2, 0.25) is 17.7 Å². The van der Waals surface area contributed by atoms with E-state index in [0.29, 0.717) is 37.1 Å². The van der Waals surface area contributed by atoms with E-state index in [0.717, 1.165) is 16.5 Å². The van der Waals surface area contributed by atoms with Crippen molar-refractivity contribution in [3.05, 3.63) is 102 Å². The molecule has 230 valence electrons. The molecule has 0 radical (unpaired) electrons. The van der Waals surface area contributed by atoms with E-state index in [9.17, 15) is 24.3 Å². The number of carbonyl (C=O) groups is 4. The summed E-state index contributed by atoms with van der Waals surface area (Å²) in [5, 5.41) is 18.8. The van der Waals surface area contributed by atoms with Gasteiger partial charge in [0.15, 0.2) is 0 Å². The molecule has 0 unspecified atom stereocenters. The molecule has 0 bridgehead atoms. The molecular formula is C33H38N6O5. The van der Waals surface area contributed by atoms with Crippen molar-refractivity contribution in [2.75, 3.05) is 6.54 Å². The molecule has 0 aliphatic rings. The molecule has 0 saturated heterocycles. The van der Waals surface area contributed by atoms with E-state index < -0.39 is 41.8 Å². The van der Waals surface area contributed by atoms with Gasteiger partial charge in [0.1, 0.15) is 29.6 Å². The van der Waals surface area contributed by atoms with Crippen LogP contribution < -0.4 is 27.4 Å². The summed E-state index contributed by atoms with van der Waals surface area (Å²) in [6.07, 6.45) is 1.73. The minimum absolute atomic E-state index is 0.0510. The van der Waals surface area contributed by atoms with Gasteiger partial charge in [0.05, 0.1) is 0 Å². The van der Waals surface area contributed by atoms with Gasteiger partial charge in [-0.2, -0.15) is 0 Å². The molecule has 44 heavy (non-hydrogen) atoms. The Morgan fingerprint density at radius 3 is 2.02 bits per heavy atom. The quantitative estimate of drug-likeness (QED) is 0.102. The molecule has 4 aromatic rings. The number of para-hydroxylation sites is 1. The maximum atomic E-state index is 13.7. The SMILES string of the molecule is NCCCC[C@H](NC(=O)c1cc2ccccc2[nH]1)C(=O)N[C@@H](Cc1ccc(O)cc1)C(=O)N[C@@H](Cc1ccccc1)C(N)=O. The number of primary amides is 1. The summed E-state index contributed by atoms with van der Waals surface area (Å²) in [7, 11) is 0. The Bertz CT molecular complexity index is 1540. The molecule has 0 fully saturated rings. The highest BCUT2D eigenvalue weighted by Crippen LogP contribution is 2.16. The van der Waals surface area contributed by atoms with Crippen molar-refractivity contribution in [3.8, 4) is 5.75 Å². The number of hydrogen-bond acceptors (Lipinski definition) is 6. The minimum Gasteiger partial charge on any atom is -0.508 e. The summed E-state index contributed by atoms with van der Waals surface area (Å²) in [6, 6.07) is 21.4. The van der Waals surface area contributed by atoms with Gasteiger partial charge in [-0.05, 0) is 61.2 Å². The molecule has 11 heteroatoms. The molecule has 0 aliphatic carbocycles. The van der Waals surface area contributed by atoms with Gasteiger partial charge < -0.3 is 37.5 Å². The van der Waals surface area contributed by atoms with Crippen molar-refractivity contribution >= 4 is 34.5 Å². The molecule has 0 aliphatic heterocycles. The molecule has 9 N–H and O–H groups in total. The van der Waals surface area contributed by atoms with Crippen LogP contribution in [-0.4, -0.2) is 58.4 Å². The van der Waals surface area contributed by atoms with Gasteiger partial charge in [0.25, 0.3) is 5.91 Å². The lowest BCUT2D eigenvalue weighted by molar-refractivity contribution is -0.132. The smallest absolute Gasteiger partial charge is 0.268 e. The number of aromatic hydroxyl groups is 1. The number of phenols is 1. The van der Waals surface area contributed by atoms with Gasteiger partial charge in [-0.25, -0.2) is 0 Å². The van der Waals surface area contributed by atoms with Crippen LogP contribution >= 0.6 is 0 Å². The van der Waals surface area contributed by atoms with E-state index in [4.69, 9.17) is 11.5 Å². The first-order valence-corrected chi connectivity index (χ1v) is 14.5. The number of aromatic amines is 1. The monoisotopic (exact) mass is 598 g/mol. The number of nitrogens with two attached hydrogens (primary N) is 2. The predicted octanol–water partition coefficient (Wildman–Crippen LogP) is 2.04. The lowest BCUT2D eigenvalue weighted by atomic mass is 10.0. The minimum atomic E-state index is -1.12. The van der Waals surface area contributed by atoms with Crippen LogP contribution in [0.25, 0.3) is 10.9 Å². The van der Waals surface area contributed by atoms with Gasteiger partial charge in [-0.15, -0.1) is 0 Å². The third-order valence-corrected chi connectivity index (χ3v) is 7.30. The van der Waals surface area contributed by atoms with Crippen molar-refractivity contribution in [2.24, 2.45) is 11.5 Å². The number of amides is 4. The van der Waals surface area contributed by atoms with Crippen LogP contribution in [0.5, 0.6) is 5.75 Å². The summed E-state index contributed by atoms with van der Waals surface area (Å²) in [5.41, 5.74) is 13.8. The number of carbonyl (C=O) groups excluding carboxylic acids is 4. The van der Waals surface area contributed by atoms with Crippen LogP contribution in [0.15, 0.2) is 84.9 Å². The first kappa shape index (κ1) is 31.8. The fourth-order valence-corrected chi connectivity index (χ4v) is 4.89. The number of unbranched alkanes of at least 4 members (excludes halogenated alkanes) is 1. The van der Waals surface area contributed by atoms with E-state index in [1.807, 2.05) is 54.6 Å². The normalized spacial score (nSPS) is 13.0. The van der Waals surface area contributed by atoms with Gasteiger partial charge in [-0.3, -0.25) is 19.2 Å². The second kappa shape index (κ2) is 15.4. The Hall–Kier alpha value is -5.16. The molecule has 4 rings (SSSR count). The van der Waals surface area contributed by atoms with Crippen LogP contribution in [0.3, 0.4) is 0 Å². The Morgan fingerprint density at radius 1 is 0.727 bits per heavy atom. The van der Waals surface area contributed by atoms with Gasteiger partial charge in [-0.1, -0.05) is 60.7 Å². The zero-order chi connectivity index (χ0) is 31.5. The first-order valence-electron chi connectivity index (χ1n) is 14.5. The number of rotatable bonds is 15. The highest BCUT2D eigenvalue weighted by Gasteiger charge is 2.30. The van der Waals surface area contributed by atoms with Crippen LogP contribution in [0, 0.1) is 0 Å². The summed E-state index contributed by atoms with van der Waals surface area (Å²) >= 11 is 0. The molecule has 4 amide bonds. The number of benzene rings is 3. The third-order valence-electron chi connectivity index (χ3n) is 7.30. The third kappa shape index (κ3) is 8.92. The fourth-order valence-electron chi connectivity index (χ4n) is 4.89. The van der Waals surface area contributed by atoms with Crippen LogP contribution in [0.2, 0.25) is 0 Å². The zero-order valence-electron chi connectivity index (χ0n) is 24.3. The zero-order valence-corrected chi connectivity index (χ0v) is 24.3. The van der Waals surface area contributed by atoms with Crippen molar-refractivity contribution in [1.29, 1.82) is 0 Å². The number of fused-ring (bicyclic) bond motifs is 1. The largest absolute Gasteiger partial charge is 0.508 e. The summed E-state index contributed by atoms with van der Waals surface area (Å²) in [5.74, 6) is -2.32. The topological polar surface area (TPSA) is 192 Å². The Balaban J connectivity index is 1.53. The summed E-state index contributed by atoms with van der Waals surface area (Å²) < 4.78 is 0. The maximum Gasteiger partial charge on any atom is 0.268 e. The van der Waals surface area contributed by atoms with Gasteiger partial charge >= 0.3 is 0 Å². The standard InChI is InChI=1S/C33H38N6O5/c34-17-7-6-12-26(37-33(44)29-20-23-10-4-5-11-25(23)36-29)31(42)39-28(19-22-13-15-24(40)16-14-22)32(43)38-27(30(35)41)18-21-8-2-1-3-9-21/h1-5,8-11,13-16,20,26-28,36,40H,6-7,12,17-19,34H2,(H2,35,41)(H,37,44)(H,38,43)(H,39,42)/t26-,27-,28-/m0/s1. The average molecular weight is 599 g/mol. The van der Waals surface area contributed by atoms with Crippen LogP contribution in [-0.2, 0) is 27.2 Å². The second-order valence-corrected chi connectivity index (χ2v) is 10.7. The van der Waals surface area contributed by atoms with E-state index in [1.54, 1.807) is 18.2 Å². The van der Waals surface area contributed by atoms with Crippen molar-refractivity contribution in [2.45, 2.75) is 50.2 Å². The van der Waals surface area contributed by atoms with Crippen molar-refractivity contribution < 1.29 is 24.3 Å². The molecule has 0 saturated carbocycles. The van der Waals surface area contributed by atoms with E-state index >= 15 is 0 Å². The lowest BCUT2D eigenvalue weighted by Gasteiger charge is -2.25. The van der Waals surface area contributed by atoms with E-state index in [-0.39, 0.29) is 18.6 Å². The molecule has 3 aromatic carbocycles. The highest BCUT2D eigenvalue weighted by atomic mass is 16.3. The molecule has 1 aromatic heterocycles. The van der Waals surface area contributed by atoms with E-state index in [2.05, 4.69) is 20.9 Å². The number of aromatic nitrogens is 1. The van der Waals surface area contributed by atoms with Crippen LogP contribution in [0.4, 0.5) is 0 Å². The molecule has 1 heterocycles. The van der Waals surface area contributed by atoms with Crippen molar-refractivity contribution in [1.82, 2.24) is 20.9 Å². The van der Waals surface area contributed by atoms with E-state index in [1.165, 1.54) is 12.1 Å². The number of H-pyrrole nitrogens is 1. The Kier molecular flexibility index (Phi) is 11.1. The molecular weight excluding hydrogens is 560 g/mol. The summed E-state index contributed by atoms with van der Waals surface area (Å²) in [6.45, 7) is 0.423. The lowest BCUT2D eigenvalue weighted by Crippen LogP contribution is -2.57. The number of hydrogen-bond donors (Lipinski definition) is 7. The predicted molar refractivity (Wildman–Crippen MR) is 167 cm³/mol. The first-order chi connectivity index (χ1) is 21.2. The maximum absolute atomic E-state index is 13.7. The number of nitrogens with one attached hydrogen (secondary N) is 4. The van der Waals surface area contributed by atoms with Gasteiger partial charge in [0, 0.05) is 23.7 Å². The Labute approximate surface area is 255 Å². The Morgan fingerprint density at radius 2 is 1.34 bits per heavy atom. The molecule has 3 atom stereocenters. The number of phenolic OH excluding ortho intramolecular Hbond substituents is 1. The fraction of sp³-hybridized carbons (Fsp3) is 0.273. The van der Waals surface area contributed by atoms with Crippen molar-refractivity contribution in [3.63, 3.8) is 0 Å². The molecule has 0 spiro atoms. The second-order valence-electron chi connectivity index (χ2n) is 10.7. The highest BCUT2D eigenvalue weighted by molar-refractivity contribution is 6.01. The summed E-state index contributed by atoms with van der Waals surface area (Å²) in [4.78, 5) is 55.8.